The summed E-state index contributed by atoms with van der Waals surface area (Å²) in [5.74, 6) is 0.934. The number of benzene rings is 1. The minimum absolute atomic E-state index is 0.387. The number of nitrogens with one attached hydrogen (secondary N) is 2. The van der Waals surface area contributed by atoms with Crippen LogP contribution in [0.25, 0.3) is 0 Å². The maximum atomic E-state index is 12.0. The van der Waals surface area contributed by atoms with E-state index in [1.54, 1.807) is 25.4 Å². The van der Waals surface area contributed by atoms with E-state index in [1.807, 2.05) is 42.6 Å². The molecule has 0 aliphatic heterocycles. The maximum Gasteiger partial charge on any atom is 0.319 e. The van der Waals surface area contributed by atoms with E-state index >= 15 is 0 Å². The smallest absolute Gasteiger partial charge is 0.319 e. The fourth-order valence-electron chi connectivity index (χ4n) is 2.75. The molecule has 2 rings (SSSR count). The van der Waals surface area contributed by atoms with Crippen molar-refractivity contribution in [1.29, 1.82) is 0 Å². The Hall–Kier alpha value is -2.58. The van der Waals surface area contributed by atoms with Gasteiger partial charge in [0.1, 0.15) is 13.2 Å². The van der Waals surface area contributed by atoms with Gasteiger partial charge in [0.05, 0.1) is 13.7 Å². The van der Waals surface area contributed by atoms with E-state index in [0.29, 0.717) is 31.2 Å². The Morgan fingerprint density at radius 2 is 2.07 bits per heavy atom. The van der Waals surface area contributed by atoms with Gasteiger partial charge >= 0.3 is 6.03 Å². The van der Waals surface area contributed by atoms with Gasteiger partial charge in [0, 0.05) is 10.4 Å². The van der Waals surface area contributed by atoms with Crippen molar-refractivity contribution in [2.45, 2.75) is 33.0 Å². The van der Waals surface area contributed by atoms with Crippen molar-refractivity contribution in [1.82, 2.24) is 5.32 Å². The number of amides is 3. The molecule has 0 fully saturated rings. The van der Waals surface area contributed by atoms with Crippen LogP contribution in [0.1, 0.15) is 24.3 Å². The predicted molar refractivity (Wildman–Crippen MR) is 104 cm³/mol. The molecule has 1 aromatic heterocycles. The molecular formula is C19H26N3O4S+. The first kappa shape index (κ1) is 20.7. The Kier molecular flexibility index (Phi) is 7.63. The predicted octanol–water partition coefficient (Wildman–Crippen LogP) is 1.32. The summed E-state index contributed by atoms with van der Waals surface area (Å²) in [6.07, 6.45) is 0. The van der Waals surface area contributed by atoms with E-state index in [-0.39, 0.29) is 5.91 Å². The first-order valence-electron chi connectivity index (χ1n) is 8.71. The van der Waals surface area contributed by atoms with Crippen LogP contribution < -0.4 is 25.4 Å². The fraction of sp³-hybridized carbons (Fsp3) is 0.368. The number of thiophene rings is 1. The number of quaternary nitrogens is 1. The molecule has 8 heteroatoms. The van der Waals surface area contributed by atoms with E-state index in [4.69, 9.17) is 15.2 Å². The average Bonchev–Trinajstić information content (AvgIpc) is 3.17. The molecule has 27 heavy (non-hydrogen) atoms. The first-order chi connectivity index (χ1) is 12.9. The number of methoxy groups -OCH3 is 1. The van der Waals surface area contributed by atoms with E-state index in [1.165, 1.54) is 0 Å². The number of rotatable bonds is 9. The van der Waals surface area contributed by atoms with Gasteiger partial charge in [-0.3, -0.25) is 10.1 Å². The second-order valence-electron chi connectivity index (χ2n) is 6.12. The van der Waals surface area contributed by atoms with Crippen LogP contribution in [0.15, 0.2) is 35.7 Å². The second-order valence-corrected chi connectivity index (χ2v) is 7.15. The molecule has 0 aliphatic rings. The molecule has 2 aromatic rings. The number of nitrogens with two attached hydrogens (primary N) is 1. The zero-order chi connectivity index (χ0) is 19.8. The highest BCUT2D eigenvalue weighted by Gasteiger charge is 2.25. The van der Waals surface area contributed by atoms with E-state index < -0.39 is 12.1 Å². The number of carbonyl (C=O) groups is 2. The largest absolute Gasteiger partial charge is 0.493 e. The van der Waals surface area contributed by atoms with Gasteiger partial charge in [0.15, 0.2) is 17.5 Å². The SMILES string of the molecule is CC[NH+](Cc1ccc(OCc2cccs2)c(OC)c1)[C@@H](C)C(=O)NC(N)=O. The molecule has 0 saturated heterocycles. The Bertz CT molecular complexity index is 764. The minimum Gasteiger partial charge on any atom is -0.493 e. The van der Waals surface area contributed by atoms with Crippen LogP contribution in [0.2, 0.25) is 0 Å². The number of likely N-dealkylation sites (N-methyl/N-ethyl adjacent to an activating group) is 1. The molecule has 0 bridgehead atoms. The van der Waals surface area contributed by atoms with Crippen molar-refractivity contribution in [2.75, 3.05) is 13.7 Å². The van der Waals surface area contributed by atoms with Gasteiger partial charge in [0.25, 0.3) is 5.91 Å². The summed E-state index contributed by atoms with van der Waals surface area (Å²) >= 11 is 1.64. The number of primary amides is 1. The molecule has 7 nitrogen and oxygen atoms in total. The van der Waals surface area contributed by atoms with Crippen LogP contribution in [0.3, 0.4) is 0 Å². The molecule has 1 heterocycles. The normalized spacial score (nSPS) is 12.9. The zero-order valence-corrected chi connectivity index (χ0v) is 16.6. The number of urea groups is 1. The molecule has 1 unspecified atom stereocenters. The van der Waals surface area contributed by atoms with E-state index in [9.17, 15) is 9.59 Å². The highest BCUT2D eigenvalue weighted by atomic mass is 32.1. The summed E-state index contributed by atoms with van der Waals surface area (Å²) in [6, 6.07) is 8.51. The second kappa shape index (κ2) is 9.94. The Labute approximate surface area is 163 Å². The molecule has 0 radical (unpaired) electrons. The number of carbonyl (C=O) groups excluding carboxylic acids is 2. The third kappa shape index (κ3) is 5.97. The topological polar surface area (TPSA) is 95.1 Å². The van der Waals surface area contributed by atoms with Gasteiger partial charge in [-0.1, -0.05) is 6.07 Å². The Balaban J connectivity index is 2.06. The van der Waals surface area contributed by atoms with Gasteiger partial charge < -0.3 is 20.1 Å². The molecule has 2 atom stereocenters. The van der Waals surface area contributed by atoms with Crippen molar-refractivity contribution in [3.63, 3.8) is 0 Å². The van der Waals surface area contributed by atoms with Gasteiger partial charge in [-0.25, -0.2) is 4.79 Å². The van der Waals surface area contributed by atoms with Gasteiger partial charge in [-0.05, 0) is 43.5 Å². The lowest BCUT2D eigenvalue weighted by molar-refractivity contribution is -0.926. The molecule has 0 aliphatic carbocycles. The van der Waals surface area contributed by atoms with Crippen molar-refractivity contribution in [3.05, 3.63) is 46.2 Å². The summed E-state index contributed by atoms with van der Waals surface area (Å²) in [5.41, 5.74) is 6.04. The third-order valence-electron chi connectivity index (χ3n) is 4.32. The third-order valence-corrected chi connectivity index (χ3v) is 5.17. The number of hydrogen-bond donors (Lipinski definition) is 3. The fourth-order valence-corrected chi connectivity index (χ4v) is 3.36. The standard InChI is InChI=1S/C19H25N3O4S/c1-4-22(13(2)18(23)21-19(20)24)11-14-7-8-16(17(10-14)25-3)26-12-15-6-5-9-27-15/h5-10,13H,4,11-12H2,1-3H3,(H3,20,21,23,24)/p+1/t13-/m0/s1. The van der Waals surface area contributed by atoms with Gasteiger partial charge in [-0.2, -0.15) is 0 Å². The van der Waals surface area contributed by atoms with E-state index in [0.717, 1.165) is 15.3 Å². The monoisotopic (exact) mass is 392 g/mol. The quantitative estimate of drug-likeness (QED) is 0.600. The lowest BCUT2D eigenvalue weighted by atomic mass is 10.1. The summed E-state index contributed by atoms with van der Waals surface area (Å²) in [6.45, 7) is 5.56. The summed E-state index contributed by atoms with van der Waals surface area (Å²) in [4.78, 5) is 25.1. The molecule has 146 valence electrons. The molecule has 1 aromatic carbocycles. The highest BCUT2D eigenvalue weighted by Crippen LogP contribution is 2.29. The van der Waals surface area contributed by atoms with Crippen molar-refractivity contribution < 1.29 is 24.0 Å². The van der Waals surface area contributed by atoms with Crippen LogP contribution >= 0.6 is 11.3 Å². The number of hydrogen-bond acceptors (Lipinski definition) is 5. The van der Waals surface area contributed by atoms with Crippen molar-refractivity contribution >= 4 is 23.3 Å². The first-order valence-corrected chi connectivity index (χ1v) is 9.59. The van der Waals surface area contributed by atoms with Crippen LogP contribution in [0.4, 0.5) is 4.79 Å². The zero-order valence-electron chi connectivity index (χ0n) is 15.8. The Morgan fingerprint density at radius 3 is 2.67 bits per heavy atom. The lowest BCUT2D eigenvalue weighted by Gasteiger charge is -2.24. The molecule has 0 spiro atoms. The molecule has 3 amide bonds. The maximum absolute atomic E-state index is 12.0. The summed E-state index contributed by atoms with van der Waals surface area (Å²) in [5, 5.41) is 4.15. The highest BCUT2D eigenvalue weighted by molar-refractivity contribution is 7.09. The summed E-state index contributed by atoms with van der Waals surface area (Å²) in [7, 11) is 1.60. The van der Waals surface area contributed by atoms with Crippen LogP contribution in [-0.4, -0.2) is 31.6 Å². The molecule has 4 N–H and O–H groups in total. The number of ether oxygens (including phenoxy) is 2. The Morgan fingerprint density at radius 1 is 1.30 bits per heavy atom. The summed E-state index contributed by atoms with van der Waals surface area (Å²) < 4.78 is 11.3. The molecule has 0 saturated carbocycles. The number of imide groups is 1. The molecular weight excluding hydrogens is 366 g/mol. The minimum atomic E-state index is -0.837. The van der Waals surface area contributed by atoms with Gasteiger partial charge in [-0.15, -0.1) is 11.3 Å². The lowest BCUT2D eigenvalue weighted by Crippen LogP contribution is -3.15. The van der Waals surface area contributed by atoms with Crippen molar-refractivity contribution in [2.24, 2.45) is 5.73 Å². The van der Waals surface area contributed by atoms with Crippen LogP contribution in [0, 0.1) is 0 Å². The average molecular weight is 393 g/mol. The van der Waals surface area contributed by atoms with E-state index in [2.05, 4.69) is 5.32 Å². The van der Waals surface area contributed by atoms with Crippen LogP contribution in [0.5, 0.6) is 11.5 Å². The van der Waals surface area contributed by atoms with Crippen molar-refractivity contribution in [3.8, 4) is 11.5 Å². The van der Waals surface area contributed by atoms with Gasteiger partial charge in [0.2, 0.25) is 0 Å². The van der Waals surface area contributed by atoms with Crippen LogP contribution in [-0.2, 0) is 17.9 Å².